The van der Waals surface area contributed by atoms with Crippen LogP contribution >= 0.6 is 12.4 Å². The van der Waals surface area contributed by atoms with Gasteiger partial charge in [-0.15, -0.1) is 19.0 Å². The fourth-order valence-corrected chi connectivity index (χ4v) is 1.38. The van der Waals surface area contributed by atoms with Crippen LogP contribution in [-0.2, 0) is 0 Å². The van der Waals surface area contributed by atoms with E-state index in [2.05, 4.69) is 12.6 Å². The van der Waals surface area contributed by atoms with Gasteiger partial charge in [0.1, 0.15) is 0 Å². The molecule has 1 aromatic carbocycles. The Balaban J connectivity index is 0.00000196. The average molecular weight is 223 g/mol. The molecule has 0 fully saturated rings. The lowest BCUT2D eigenvalue weighted by molar-refractivity contribution is 0.660. The highest BCUT2D eigenvalue weighted by Gasteiger charge is 2.08. The number of nitrogens with two attached hydrogens (primary N) is 1. The number of nitrogens with zero attached hydrogens (tertiary/aromatic N) is 1. The van der Waals surface area contributed by atoms with Crippen molar-refractivity contribution >= 4 is 12.4 Å². The van der Waals surface area contributed by atoms with Gasteiger partial charge in [-0.3, -0.25) is 0 Å². The molecule has 0 aliphatic rings. The quantitative estimate of drug-likeness (QED) is 0.797. The van der Waals surface area contributed by atoms with Crippen molar-refractivity contribution in [1.29, 1.82) is 5.26 Å². The third-order valence-electron chi connectivity index (χ3n) is 2.16. The Hall–Kier alpha value is -1.30. The molecule has 0 aromatic heterocycles. The molecule has 0 amide bonds. The summed E-state index contributed by atoms with van der Waals surface area (Å²) < 4.78 is 0. The molecule has 15 heavy (non-hydrogen) atoms. The van der Waals surface area contributed by atoms with Crippen molar-refractivity contribution in [2.75, 3.05) is 0 Å². The highest BCUT2D eigenvalue weighted by atomic mass is 35.5. The fraction of sp³-hybridized carbons (Fsp3) is 0.250. The van der Waals surface area contributed by atoms with Crippen LogP contribution in [0.2, 0.25) is 0 Å². The Bertz CT molecular complexity index is 355. The van der Waals surface area contributed by atoms with Gasteiger partial charge in [-0.25, -0.2) is 0 Å². The van der Waals surface area contributed by atoms with Crippen molar-refractivity contribution in [3.05, 3.63) is 48.0 Å². The number of halogens is 1. The van der Waals surface area contributed by atoms with Crippen LogP contribution in [0.4, 0.5) is 0 Å². The van der Waals surface area contributed by atoms with E-state index in [9.17, 15) is 0 Å². The zero-order chi connectivity index (χ0) is 10.4. The maximum absolute atomic E-state index is 8.87. The summed E-state index contributed by atoms with van der Waals surface area (Å²) in [6.07, 6.45) is 3.55. The van der Waals surface area contributed by atoms with Gasteiger partial charge in [-0.1, -0.05) is 24.3 Å². The molecule has 2 N–H and O–H groups in total. The number of nitriles is 1. The van der Waals surface area contributed by atoms with Crippen LogP contribution in [0.15, 0.2) is 36.9 Å². The average Bonchev–Trinajstić information content (AvgIpc) is 2.25. The van der Waals surface area contributed by atoms with E-state index in [0.717, 1.165) is 18.4 Å². The molecule has 80 valence electrons. The topological polar surface area (TPSA) is 49.8 Å². The van der Waals surface area contributed by atoms with E-state index in [0.29, 0.717) is 5.56 Å². The maximum atomic E-state index is 8.87. The molecule has 0 heterocycles. The first-order chi connectivity index (χ1) is 6.79. The molecule has 3 heteroatoms. The van der Waals surface area contributed by atoms with Crippen molar-refractivity contribution in [3.8, 4) is 6.07 Å². The van der Waals surface area contributed by atoms with Gasteiger partial charge in [0.05, 0.1) is 11.6 Å². The first kappa shape index (κ1) is 13.7. The normalized spacial score (nSPS) is 10.9. The van der Waals surface area contributed by atoms with Gasteiger partial charge in [0, 0.05) is 6.04 Å². The van der Waals surface area contributed by atoms with E-state index in [1.165, 1.54) is 0 Å². The number of benzene rings is 1. The minimum Gasteiger partial charge on any atom is -0.324 e. The van der Waals surface area contributed by atoms with E-state index in [1.807, 2.05) is 24.3 Å². The number of hydrogen-bond acceptors (Lipinski definition) is 2. The van der Waals surface area contributed by atoms with Crippen molar-refractivity contribution in [1.82, 2.24) is 0 Å². The zero-order valence-corrected chi connectivity index (χ0v) is 9.33. The second kappa shape index (κ2) is 7.05. The molecule has 1 atom stereocenters. The van der Waals surface area contributed by atoms with Gasteiger partial charge >= 0.3 is 0 Å². The summed E-state index contributed by atoms with van der Waals surface area (Å²) in [7, 11) is 0. The Kier molecular flexibility index (Phi) is 6.44. The Morgan fingerprint density at radius 1 is 1.47 bits per heavy atom. The molecule has 0 saturated carbocycles. The SMILES string of the molecule is C=CCC[C@H](N)c1ccccc1C#N.Cl. The van der Waals surface area contributed by atoms with E-state index >= 15 is 0 Å². The summed E-state index contributed by atoms with van der Waals surface area (Å²) in [5, 5.41) is 8.87. The van der Waals surface area contributed by atoms with E-state index < -0.39 is 0 Å². The summed E-state index contributed by atoms with van der Waals surface area (Å²) in [6, 6.07) is 9.54. The Morgan fingerprint density at radius 3 is 2.73 bits per heavy atom. The van der Waals surface area contributed by atoms with E-state index in [-0.39, 0.29) is 18.4 Å². The van der Waals surface area contributed by atoms with Crippen LogP contribution in [0.25, 0.3) is 0 Å². The lowest BCUT2D eigenvalue weighted by atomic mass is 9.98. The standard InChI is InChI=1S/C12H14N2.ClH/c1-2-3-8-12(14)11-7-5-4-6-10(11)9-13;/h2,4-7,12H,1,3,8,14H2;1H/t12-;/m0./s1. The van der Waals surface area contributed by atoms with E-state index in [1.54, 1.807) is 6.07 Å². The smallest absolute Gasteiger partial charge is 0.0995 e. The molecule has 0 radical (unpaired) electrons. The molecule has 0 saturated heterocycles. The fourth-order valence-electron chi connectivity index (χ4n) is 1.38. The summed E-state index contributed by atoms with van der Waals surface area (Å²) in [5.41, 5.74) is 7.56. The van der Waals surface area contributed by atoms with Gasteiger partial charge in [-0.2, -0.15) is 5.26 Å². The molecule has 0 spiro atoms. The van der Waals surface area contributed by atoms with Crippen LogP contribution in [-0.4, -0.2) is 0 Å². The summed E-state index contributed by atoms with van der Waals surface area (Å²) in [5.74, 6) is 0. The van der Waals surface area contributed by atoms with Gasteiger partial charge in [0.15, 0.2) is 0 Å². The van der Waals surface area contributed by atoms with Crippen molar-refractivity contribution in [3.63, 3.8) is 0 Å². The highest BCUT2D eigenvalue weighted by Crippen LogP contribution is 2.19. The first-order valence-corrected chi connectivity index (χ1v) is 4.65. The molecule has 1 aromatic rings. The minimum absolute atomic E-state index is 0. The molecule has 2 nitrogen and oxygen atoms in total. The van der Waals surface area contributed by atoms with Crippen LogP contribution < -0.4 is 5.73 Å². The van der Waals surface area contributed by atoms with Crippen molar-refractivity contribution in [2.45, 2.75) is 18.9 Å². The van der Waals surface area contributed by atoms with E-state index in [4.69, 9.17) is 11.0 Å². The van der Waals surface area contributed by atoms with Crippen LogP contribution in [0.5, 0.6) is 0 Å². The Morgan fingerprint density at radius 2 is 2.13 bits per heavy atom. The zero-order valence-electron chi connectivity index (χ0n) is 8.52. The Labute approximate surface area is 96.8 Å². The second-order valence-electron chi connectivity index (χ2n) is 3.17. The summed E-state index contributed by atoms with van der Waals surface area (Å²) in [4.78, 5) is 0. The van der Waals surface area contributed by atoms with Gasteiger partial charge in [0.25, 0.3) is 0 Å². The number of rotatable bonds is 4. The predicted octanol–water partition coefficient (Wildman–Crippen LogP) is 2.95. The predicted molar refractivity (Wildman–Crippen MR) is 64.8 cm³/mol. The lowest BCUT2D eigenvalue weighted by Gasteiger charge is -2.11. The third kappa shape index (κ3) is 3.75. The monoisotopic (exact) mass is 222 g/mol. The molecule has 0 aliphatic carbocycles. The molecule has 0 aliphatic heterocycles. The van der Waals surface area contributed by atoms with Crippen molar-refractivity contribution in [2.24, 2.45) is 5.73 Å². The summed E-state index contributed by atoms with van der Waals surface area (Å²) >= 11 is 0. The second-order valence-corrected chi connectivity index (χ2v) is 3.17. The minimum atomic E-state index is -0.0659. The van der Waals surface area contributed by atoms with Gasteiger partial charge in [-0.05, 0) is 24.5 Å². The van der Waals surface area contributed by atoms with Crippen LogP contribution in [0.3, 0.4) is 0 Å². The molecule has 0 bridgehead atoms. The molecule has 0 unspecified atom stereocenters. The first-order valence-electron chi connectivity index (χ1n) is 4.65. The lowest BCUT2D eigenvalue weighted by Crippen LogP contribution is -2.11. The van der Waals surface area contributed by atoms with Crippen LogP contribution in [0, 0.1) is 11.3 Å². The highest BCUT2D eigenvalue weighted by molar-refractivity contribution is 5.85. The summed E-state index contributed by atoms with van der Waals surface area (Å²) in [6.45, 7) is 3.65. The van der Waals surface area contributed by atoms with Gasteiger partial charge in [0.2, 0.25) is 0 Å². The number of hydrogen-bond donors (Lipinski definition) is 1. The largest absolute Gasteiger partial charge is 0.324 e. The molecular formula is C12H15ClN2. The van der Waals surface area contributed by atoms with Crippen molar-refractivity contribution < 1.29 is 0 Å². The van der Waals surface area contributed by atoms with Gasteiger partial charge < -0.3 is 5.73 Å². The number of allylic oxidation sites excluding steroid dienone is 1. The molecular weight excluding hydrogens is 208 g/mol. The third-order valence-corrected chi connectivity index (χ3v) is 2.16. The maximum Gasteiger partial charge on any atom is 0.0995 e. The van der Waals surface area contributed by atoms with Crippen LogP contribution in [0.1, 0.15) is 30.0 Å². The molecule has 1 rings (SSSR count).